The van der Waals surface area contributed by atoms with Gasteiger partial charge in [-0.25, -0.2) is 4.68 Å². The molecular formula is C20H21N3O2. The Morgan fingerprint density at radius 1 is 1.12 bits per heavy atom. The van der Waals surface area contributed by atoms with Crippen LogP contribution in [0, 0.1) is 6.92 Å². The lowest BCUT2D eigenvalue weighted by molar-refractivity contribution is 0.0952. The molecule has 0 saturated heterocycles. The highest BCUT2D eigenvalue weighted by molar-refractivity contribution is 6.00. The zero-order valence-corrected chi connectivity index (χ0v) is 14.1. The number of hydrogen-bond donors (Lipinski definition) is 2. The minimum atomic E-state index is -0.186. The molecule has 2 N–H and O–H groups in total. The molecule has 3 rings (SSSR count). The van der Waals surface area contributed by atoms with Crippen molar-refractivity contribution in [2.45, 2.75) is 13.3 Å². The normalized spacial score (nSPS) is 10.6. The SMILES string of the molecule is Cc1ccccc1-c1nn(-c2ccccc2)cc1C(=O)NCCCO. The topological polar surface area (TPSA) is 67.2 Å². The number of aliphatic hydroxyl groups is 1. The number of rotatable bonds is 6. The molecule has 1 amide bonds. The molecule has 2 aromatic carbocycles. The summed E-state index contributed by atoms with van der Waals surface area (Å²) in [5.41, 5.74) is 4.07. The van der Waals surface area contributed by atoms with E-state index in [4.69, 9.17) is 5.11 Å². The van der Waals surface area contributed by atoms with E-state index in [1.807, 2.05) is 61.5 Å². The molecule has 0 radical (unpaired) electrons. The number of nitrogens with zero attached hydrogens (tertiary/aromatic N) is 2. The van der Waals surface area contributed by atoms with Crippen LogP contribution in [-0.4, -0.2) is 33.9 Å². The number of carbonyl (C=O) groups is 1. The Balaban J connectivity index is 2.04. The van der Waals surface area contributed by atoms with Gasteiger partial charge in [0.25, 0.3) is 5.91 Å². The largest absolute Gasteiger partial charge is 0.396 e. The predicted molar refractivity (Wildman–Crippen MR) is 97.8 cm³/mol. The van der Waals surface area contributed by atoms with Gasteiger partial charge in [0.2, 0.25) is 0 Å². The summed E-state index contributed by atoms with van der Waals surface area (Å²) >= 11 is 0. The van der Waals surface area contributed by atoms with Crippen LogP contribution in [-0.2, 0) is 0 Å². The van der Waals surface area contributed by atoms with Crippen LogP contribution in [0.15, 0.2) is 60.8 Å². The Bertz CT molecular complexity index is 856. The molecule has 1 heterocycles. The van der Waals surface area contributed by atoms with Gasteiger partial charge < -0.3 is 10.4 Å². The zero-order chi connectivity index (χ0) is 17.6. The van der Waals surface area contributed by atoms with Gasteiger partial charge in [0, 0.05) is 24.9 Å². The van der Waals surface area contributed by atoms with Gasteiger partial charge in [-0.15, -0.1) is 0 Å². The number of aromatic nitrogens is 2. The van der Waals surface area contributed by atoms with E-state index in [1.54, 1.807) is 10.9 Å². The molecule has 0 saturated carbocycles. The van der Waals surface area contributed by atoms with Crippen LogP contribution in [0.4, 0.5) is 0 Å². The average Bonchev–Trinajstić information content (AvgIpc) is 3.08. The second kappa shape index (κ2) is 7.77. The second-order valence-corrected chi connectivity index (χ2v) is 5.82. The summed E-state index contributed by atoms with van der Waals surface area (Å²) in [7, 11) is 0. The fraction of sp³-hybridized carbons (Fsp3) is 0.200. The minimum absolute atomic E-state index is 0.0498. The molecule has 0 bridgehead atoms. The fourth-order valence-electron chi connectivity index (χ4n) is 2.67. The lowest BCUT2D eigenvalue weighted by Gasteiger charge is -2.06. The maximum atomic E-state index is 12.6. The first-order chi connectivity index (χ1) is 12.2. The molecule has 0 aliphatic heterocycles. The van der Waals surface area contributed by atoms with E-state index in [0.717, 1.165) is 16.8 Å². The molecule has 5 nitrogen and oxygen atoms in total. The number of amides is 1. The third-order valence-electron chi connectivity index (χ3n) is 4.00. The van der Waals surface area contributed by atoms with Gasteiger partial charge in [0.1, 0.15) is 5.69 Å². The van der Waals surface area contributed by atoms with Crippen LogP contribution in [0.1, 0.15) is 22.3 Å². The number of carbonyl (C=O) groups excluding carboxylic acids is 1. The predicted octanol–water partition coefficient (Wildman–Crippen LogP) is 2.96. The van der Waals surface area contributed by atoms with E-state index < -0.39 is 0 Å². The second-order valence-electron chi connectivity index (χ2n) is 5.82. The molecule has 1 aromatic heterocycles. The Labute approximate surface area is 146 Å². The van der Waals surface area contributed by atoms with Crippen LogP contribution < -0.4 is 5.32 Å². The third kappa shape index (κ3) is 3.78. The third-order valence-corrected chi connectivity index (χ3v) is 4.00. The molecule has 0 unspecified atom stereocenters. The summed E-state index contributed by atoms with van der Waals surface area (Å²) < 4.78 is 1.72. The van der Waals surface area contributed by atoms with Crippen molar-refractivity contribution in [2.24, 2.45) is 0 Å². The number of aryl methyl sites for hydroxylation is 1. The highest BCUT2D eigenvalue weighted by Crippen LogP contribution is 2.26. The number of benzene rings is 2. The monoisotopic (exact) mass is 335 g/mol. The summed E-state index contributed by atoms with van der Waals surface area (Å²) in [6.07, 6.45) is 2.28. The van der Waals surface area contributed by atoms with Crippen molar-refractivity contribution in [3.05, 3.63) is 71.9 Å². The van der Waals surface area contributed by atoms with E-state index in [2.05, 4.69) is 10.4 Å². The van der Waals surface area contributed by atoms with E-state index >= 15 is 0 Å². The fourth-order valence-corrected chi connectivity index (χ4v) is 2.67. The van der Waals surface area contributed by atoms with Crippen molar-refractivity contribution >= 4 is 5.91 Å². The Morgan fingerprint density at radius 3 is 2.56 bits per heavy atom. The summed E-state index contributed by atoms with van der Waals surface area (Å²) in [6, 6.07) is 17.6. The first kappa shape index (κ1) is 16.9. The maximum absolute atomic E-state index is 12.6. The standard InChI is InChI=1S/C20H21N3O2/c1-15-8-5-6-11-17(15)19-18(20(25)21-12-7-13-24)14-23(22-19)16-9-3-2-4-10-16/h2-6,8-11,14,24H,7,12-13H2,1H3,(H,21,25). The number of para-hydroxylation sites is 1. The highest BCUT2D eigenvalue weighted by Gasteiger charge is 2.19. The van der Waals surface area contributed by atoms with Gasteiger partial charge in [-0.1, -0.05) is 42.5 Å². The van der Waals surface area contributed by atoms with E-state index in [0.29, 0.717) is 24.2 Å². The minimum Gasteiger partial charge on any atom is -0.396 e. The lowest BCUT2D eigenvalue weighted by Crippen LogP contribution is -2.25. The van der Waals surface area contributed by atoms with Crippen LogP contribution >= 0.6 is 0 Å². The van der Waals surface area contributed by atoms with Crippen molar-refractivity contribution in [1.82, 2.24) is 15.1 Å². The van der Waals surface area contributed by atoms with Gasteiger partial charge >= 0.3 is 0 Å². The quantitative estimate of drug-likeness (QED) is 0.681. The van der Waals surface area contributed by atoms with Gasteiger partial charge in [-0.05, 0) is 31.0 Å². The van der Waals surface area contributed by atoms with Crippen molar-refractivity contribution in [2.75, 3.05) is 13.2 Å². The van der Waals surface area contributed by atoms with E-state index in [-0.39, 0.29) is 12.5 Å². The summed E-state index contributed by atoms with van der Waals surface area (Å²) in [4.78, 5) is 12.6. The molecule has 128 valence electrons. The van der Waals surface area contributed by atoms with E-state index in [9.17, 15) is 4.79 Å². The Kier molecular flexibility index (Phi) is 5.26. The molecule has 0 aliphatic rings. The number of nitrogens with one attached hydrogen (secondary N) is 1. The number of aliphatic hydroxyl groups excluding tert-OH is 1. The molecule has 0 aliphatic carbocycles. The van der Waals surface area contributed by atoms with Gasteiger partial charge in [-0.2, -0.15) is 5.10 Å². The molecule has 3 aromatic rings. The smallest absolute Gasteiger partial charge is 0.255 e. The van der Waals surface area contributed by atoms with Crippen LogP contribution in [0.3, 0.4) is 0 Å². The summed E-state index contributed by atoms with van der Waals surface area (Å²) in [5, 5.41) is 16.4. The Morgan fingerprint density at radius 2 is 1.84 bits per heavy atom. The number of hydrogen-bond acceptors (Lipinski definition) is 3. The Hall–Kier alpha value is -2.92. The molecule has 0 atom stereocenters. The van der Waals surface area contributed by atoms with Crippen molar-refractivity contribution in [3.63, 3.8) is 0 Å². The van der Waals surface area contributed by atoms with Crippen molar-refractivity contribution in [3.8, 4) is 16.9 Å². The van der Waals surface area contributed by atoms with Crippen LogP contribution in [0.25, 0.3) is 16.9 Å². The average molecular weight is 335 g/mol. The molecular weight excluding hydrogens is 314 g/mol. The summed E-state index contributed by atoms with van der Waals surface area (Å²) in [6.45, 7) is 2.48. The molecule has 0 fully saturated rings. The molecule has 0 spiro atoms. The van der Waals surface area contributed by atoms with Gasteiger partial charge in [-0.3, -0.25) is 4.79 Å². The molecule has 25 heavy (non-hydrogen) atoms. The highest BCUT2D eigenvalue weighted by atomic mass is 16.3. The van der Waals surface area contributed by atoms with Gasteiger partial charge in [0.05, 0.1) is 11.3 Å². The van der Waals surface area contributed by atoms with Crippen molar-refractivity contribution in [1.29, 1.82) is 0 Å². The zero-order valence-electron chi connectivity index (χ0n) is 14.1. The maximum Gasteiger partial charge on any atom is 0.255 e. The van der Waals surface area contributed by atoms with Crippen LogP contribution in [0.2, 0.25) is 0 Å². The lowest BCUT2D eigenvalue weighted by atomic mass is 10.0. The molecule has 5 heteroatoms. The first-order valence-electron chi connectivity index (χ1n) is 8.31. The van der Waals surface area contributed by atoms with Crippen LogP contribution in [0.5, 0.6) is 0 Å². The van der Waals surface area contributed by atoms with E-state index in [1.165, 1.54) is 0 Å². The first-order valence-corrected chi connectivity index (χ1v) is 8.31. The summed E-state index contributed by atoms with van der Waals surface area (Å²) in [5.74, 6) is -0.186. The van der Waals surface area contributed by atoms with Gasteiger partial charge in [0.15, 0.2) is 0 Å². The van der Waals surface area contributed by atoms with Crippen molar-refractivity contribution < 1.29 is 9.90 Å².